The Balaban J connectivity index is 1.37. The topological polar surface area (TPSA) is 49.6 Å². The Morgan fingerprint density at radius 3 is 2.56 bits per heavy atom. The van der Waals surface area contributed by atoms with Gasteiger partial charge in [0.15, 0.2) is 0 Å². The zero-order chi connectivity index (χ0) is 19.2. The first-order valence-corrected chi connectivity index (χ1v) is 9.93. The molecule has 5 heteroatoms. The average Bonchev–Trinajstić information content (AvgIpc) is 3.06. The first-order chi connectivity index (χ1) is 13.0. The lowest BCUT2D eigenvalue weighted by molar-refractivity contribution is -0.133. The van der Waals surface area contributed by atoms with Crippen molar-refractivity contribution in [1.29, 1.82) is 0 Å². The highest BCUT2D eigenvalue weighted by Gasteiger charge is 2.23. The molecule has 0 atom stereocenters. The summed E-state index contributed by atoms with van der Waals surface area (Å²) in [7, 11) is 1.95. The molecule has 146 valence electrons. The van der Waals surface area contributed by atoms with E-state index >= 15 is 0 Å². The molecule has 0 unspecified atom stereocenters. The van der Waals surface area contributed by atoms with Crippen LogP contribution in [0.15, 0.2) is 34.9 Å². The molecule has 1 aliphatic rings. The van der Waals surface area contributed by atoms with E-state index in [1.165, 1.54) is 17.5 Å². The quantitative estimate of drug-likeness (QED) is 0.748. The lowest BCUT2D eigenvalue weighted by Gasteiger charge is -2.33. The largest absolute Gasteiger partial charge is 0.361 e. The van der Waals surface area contributed by atoms with Crippen LogP contribution in [0, 0.1) is 19.8 Å². The predicted molar refractivity (Wildman–Crippen MR) is 106 cm³/mol. The van der Waals surface area contributed by atoms with Crippen LogP contribution in [-0.2, 0) is 17.8 Å². The van der Waals surface area contributed by atoms with Gasteiger partial charge in [0.2, 0.25) is 5.91 Å². The second-order valence-corrected chi connectivity index (χ2v) is 7.95. The van der Waals surface area contributed by atoms with E-state index in [0.717, 1.165) is 49.7 Å². The Labute approximate surface area is 162 Å². The van der Waals surface area contributed by atoms with Crippen molar-refractivity contribution in [2.75, 3.05) is 26.7 Å². The number of aromatic nitrogens is 1. The van der Waals surface area contributed by atoms with E-state index in [9.17, 15) is 4.79 Å². The number of hydrogen-bond donors (Lipinski definition) is 0. The summed E-state index contributed by atoms with van der Waals surface area (Å²) >= 11 is 0. The van der Waals surface area contributed by atoms with Crippen molar-refractivity contribution < 1.29 is 9.32 Å². The molecule has 1 aromatic carbocycles. The Hall–Kier alpha value is -2.14. The summed E-state index contributed by atoms with van der Waals surface area (Å²) in [5, 5.41) is 3.99. The molecule has 0 bridgehead atoms. The predicted octanol–water partition coefficient (Wildman–Crippen LogP) is 3.59. The monoisotopic (exact) mass is 369 g/mol. The summed E-state index contributed by atoms with van der Waals surface area (Å²) in [6.07, 6.45) is 4.59. The highest BCUT2D eigenvalue weighted by atomic mass is 16.5. The second kappa shape index (κ2) is 9.18. The number of amides is 1. The third-order valence-corrected chi connectivity index (χ3v) is 5.44. The van der Waals surface area contributed by atoms with E-state index in [4.69, 9.17) is 4.52 Å². The van der Waals surface area contributed by atoms with Gasteiger partial charge in [0.1, 0.15) is 5.76 Å². The number of carbonyl (C=O) groups is 1. The van der Waals surface area contributed by atoms with Crippen molar-refractivity contribution >= 4 is 5.91 Å². The van der Waals surface area contributed by atoms with Crippen molar-refractivity contribution in [3.05, 3.63) is 52.9 Å². The van der Waals surface area contributed by atoms with Crippen LogP contribution in [0.4, 0.5) is 0 Å². The maximum absolute atomic E-state index is 12.6. The molecule has 0 N–H and O–H groups in total. The second-order valence-electron chi connectivity index (χ2n) is 7.95. The molecule has 0 saturated carbocycles. The molecular weight excluding hydrogens is 338 g/mol. The van der Waals surface area contributed by atoms with Crippen LogP contribution >= 0.6 is 0 Å². The fourth-order valence-electron chi connectivity index (χ4n) is 3.75. The third kappa shape index (κ3) is 5.93. The Morgan fingerprint density at radius 1 is 1.22 bits per heavy atom. The number of aryl methyl sites for hydroxylation is 3. The van der Waals surface area contributed by atoms with Crippen LogP contribution in [0.5, 0.6) is 0 Å². The minimum atomic E-state index is 0.217. The summed E-state index contributed by atoms with van der Waals surface area (Å²) in [6, 6.07) is 10.8. The minimum Gasteiger partial charge on any atom is -0.361 e. The van der Waals surface area contributed by atoms with Crippen molar-refractivity contribution in [2.45, 2.75) is 46.1 Å². The van der Waals surface area contributed by atoms with E-state index < -0.39 is 0 Å². The summed E-state index contributed by atoms with van der Waals surface area (Å²) < 4.78 is 5.09. The van der Waals surface area contributed by atoms with Gasteiger partial charge in [0.05, 0.1) is 12.2 Å². The van der Waals surface area contributed by atoms with Gasteiger partial charge in [-0.2, -0.15) is 0 Å². The molecule has 1 fully saturated rings. The molecule has 1 saturated heterocycles. The fourth-order valence-corrected chi connectivity index (χ4v) is 3.75. The molecule has 0 aliphatic carbocycles. The van der Waals surface area contributed by atoms with Crippen molar-refractivity contribution in [1.82, 2.24) is 15.0 Å². The van der Waals surface area contributed by atoms with Gasteiger partial charge in [-0.15, -0.1) is 0 Å². The van der Waals surface area contributed by atoms with Gasteiger partial charge in [-0.05, 0) is 58.1 Å². The maximum atomic E-state index is 12.6. The number of hydrogen-bond acceptors (Lipinski definition) is 4. The van der Waals surface area contributed by atoms with Crippen LogP contribution in [0.2, 0.25) is 0 Å². The van der Waals surface area contributed by atoms with Crippen molar-refractivity contribution in [2.24, 2.45) is 5.92 Å². The highest BCUT2D eigenvalue weighted by Crippen LogP contribution is 2.23. The van der Waals surface area contributed by atoms with Gasteiger partial charge in [0, 0.05) is 25.7 Å². The number of nitrogens with zero attached hydrogens (tertiary/aromatic N) is 3. The number of carbonyl (C=O) groups excluding carboxylic acids is 1. The SMILES string of the molecule is Cc1ccc(CCC2CCN(C(=O)CN(C)Cc3cc(C)on3)CC2)cc1. The fraction of sp³-hybridized carbons (Fsp3) is 0.545. The summed E-state index contributed by atoms with van der Waals surface area (Å²) in [5.41, 5.74) is 3.61. The van der Waals surface area contributed by atoms with Gasteiger partial charge < -0.3 is 9.42 Å². The zero-order valence-electron chi connectivity index (χ0n) is 16.8. The molecule has 0 radical (unpaired) electrons. The standard InChI is InChI=1S/C22H31N3O2/c1-17-4-6-19(7-5-17)8-9-20-10-12-25(13-11-20)22(26)16-24(3)15-21-14-18(2)27-23-21/h4-7,14,20H,8-13,15-16H2,1-3H3. The van der Waals surface area contributed by atoms with Gasteiger partial charge in [-0.25, -0.2) is 0 Å². The molecule has 0 spiro atoms. The Bertz CT molecular complexity index is 730. The molecule has 1 aromatic heterocycles. The number of likely N-dealkylation sites (tertiary alicyclic amines) is 1. The summed E-state index contributed by atoms with van der Waals surface area (Å²) in [4.78, 5) is 16.6. The number of benzene rings is 1. The van der Waals surface area contributed by atoms with E-state index in [0.29, 0.717) is 13.1 Å². The average molecular weight is 370 g/mol. The van der Waals surface area contributed by atoms with E-state index in [-0.39, 0.29) is 5.91 Å². The Morgan fingerprint density at radius 2 is 1.93 bits per heavy atom. The number of rotatable bonds is 7. The first kappa shape index (κ1) is 19.6. The number of piperidine rings is 1. The molecule has 27 heavy (non-hydrogen) atoms. The molecular formula is C22H31N3O2. The van der Waals surface area contributed by atoms with E-state index in [1.807, 2.05) is 29.8 Å². The van der Waals surface area contributed by atoms with Crippen molar-refractivity contribution in [3.63, 3.8) is 0 Å². The molecule has 2 aromatic rings. The van der Waals surface area contributed by atoms with Crippen LogP contribution in [0.1, 0.15) is 41.8 Å². The third-order valence-electron chi connectivity index (χ3n) is 5.44. The number of likely N-dealkylation sites (N-methyl/N-ethyl adjacent to an activating group) is 1. The smallest absolute Gasteiger partial charge is 0.236 e. The lowest BCUT2D eigenvalue weighted by Crippen LogP contribution is -2.43. The van der Waals surface area contributed by atoms with Crippen LogP contribution < -0.4 is 0 Å². The highest BCUT2D eigenvalue weighted by molar-refractivity contribution is 5.78. The normalized spacial score (nSPS) is 15.5. The van der Waals surface area contributed by atoms with Crippen molar-refractivity contribution in [3.8, 4) is 0 Å². The van der Waals surface area contributed by atoms with Gasteiger partial charge in [-0.1, -0.05) is 35.0 Å². The lowest BCUT2D eigenvalue weighted by atomic mass is 9.90. The van der Waals surface area contributed by atoms with Gasteiger partial charge >= 0.3 is 0 Å². The van der Waals surface area contributed by atoms with Crippen LogP contribution in [0.3, 0.4) is 0 Å². The van der Waals surface area contributed by atoms with Crippen LogP contribution in [0.25, 0.3) is 0 Å². The van der Waals surface area contributed by atoms with Gasteiger partial charge in [-0.3, -0.25) is 9.69 Å². The maximum Gasteiger partial charge on any atom is 0.236 e. The molecule has 3 rings (SSSR count). The van der Waals surface area contributed by atoms with E-state index in [1.54, 1.807) is 0 Å². The van der Waals surface area contributed by atoms with Gasteiger partial charge in [0.25, 0.3) is 0 Å². The van der Waals surface area contributed by atoms with E-state index in [2.05, 4.69) is 36.3 Å². The first-order valence-electron chi connectivity index (χ1n) is 9.93. The minimum absolute atomic E-state index is 0.217. The molecule has 2 heterocycles. The summed E-state index contributed by atoms with van der Waals surface area (Å²) in [6.45, 7) is 6.84. The molecule has 1 amide bonds. The van der Waals surface area contributed by atoms with Crippen LogP contribution in [-0.4, -0.2) is 47.5 Å². The summed E-state index contributed by atoms with van der Waals surface area (Å²) in [5.74, 6) is 1.75. The molecule has 5 nitrogen and oxygen atoms in total. The molecule has 1 aliphatic heterocycles. The Kier molecular flexibility index (Phi) is 6.67. The zero-order valence-corrected chi connectivity index (χ0v) is 16.8.